The van der Waals surface area contributed by atoms with Crippen molar-refractivity contribution in [3.63, 3.8) is 0 Å². The third-order valence-electron chi connectivity index (χ3n) is 2.66. The fraction of sp³-hybridized carbons (Fsp3) is 0.214. The number of aryl methyl sites for hydroxylation is 2. The van der Waals surface area contributed by atoms with Gasteiger partial charge in [-0.2, -0.15) is 0 Å². The number of nitrogens with one attached hydrogen (secondary N) is 2. The largest absolute Gasteiger partial charge is 0.335 e. The van der Waals surface area contributed by atoms with Crippen molar-refractivity contribution in [2.45, 2.75) is 19.6 Å². The molecule has 0 unspecified atom stereocenters. The number of sulfonamides is 1. The van der Waals surface area contributed by atoms with Crippen LogP contribution >= 0.6 is 0 Å². The van der Waals surface area contributed by atoms with Crippen LogP contribution in [0.4, 0.5) is 10.7 Å². The van der Waals surface area contributed by atoms with E-state index in [2.05, 4.69) is 15.3 Å². The van der Waals surface area contributed by atoms with E-state index >= 15 is 0 Å². The smallest absolute Gasteiger partial charge is 0.275 e. The molecule has 2 amide bonds. The Kier molecular flexibility index (Phi) is 4.71. The second kappa shape index (κ2) is 6.52. The van der Waals surface area contributed by atoms with Gasteiger partial charge in [0.05, 0.1) is 5.75 Å². The summed E-state index contributed by atoms with van der Waals surface area (Å²) in [5.74, 6) is -0.223. The Morgan fingerprint density at radius 3 is 2.27 bits per heavy atom. The van der Waals surface area contributed by atoms with Gasteiger partial charge in [-0.05, 0) is 25.5 Å². The normalized spacial score (nSPS) is 11.0. The molecular formula is C14H16N4O3S. The van der Waals surface area contributed by atoms with Crippen LogP contribution in [0.5, 0.6) is 0 Å². The zero-order valence-corrected chi connectivity index (χ0v) is 13.0. The van der Waals surface area contributed by atoms with Crippen molar-refractivity contribution in [2.75, 3.05) is 5.32 Å². The number of aromatic nitrogens is 2. The molecule has 0 aliphatic carbocycles. The topological polar surface area (TPSA) is 101 Å². The zero-order valence-electron chi connectivity index (χ0n) is 12.2. The molecule has 8 heteroatoms. The Morgan fingerprint density at radius 2 is 1.68 bits per heavy atom. The summed E-state index contributed by atoms with van der Waals surface area (Å²) in [6.45, 7) is 3.51. The Bertz CT molecular complexity index is 756. The maximum absolute atomic E-state index is 11.9. The maximum atomic E-state index is 11.9. The third-order valence-corrected chi connectivity index (χ3v) is 3.87. The van der Waals surface area contributed by atoms with Crippen LogP contribution in [0.1, 0.15) is 17.0 Å². The Labute approximate surface area is 128 Å². The van der Waals surface area contributed by atoms with Crippen LogP contribution in [0.3, 0.4) is 0 Å². The lowest BCUT2D eigenvalue weighted by Crippen LogP contribution is -2.35. The first kappa shape index (κ1) is 15.9. The van der Waals surface area contributed by atoms with Gasteiger partial charge < -0.3 is 0 Å². The highest BCUT2D eigenvalue weighted by Crippen LogP contribution is 2.06. The summed E-state index contributed by atoms with van der Waals surface area (Å²) in [4.78, 5) is 19.8. The molecule has 1 aromatic carbocycles. The van der Waals surface area contributed by atoms with Crippen LogP contribution in [0.15, 0.2) is 36.4 Å². The number of urea groups is 1. The average molecular weight is 320 g/mol. The predicted molar refractivity (Wildman–Crippen MR) is 82.7 cm³/mol. The third kappa shape index (κ3) is 4.81. The summed E-state index contributed by atoms with van der Waals surface area (Å²) in [7, 11) is -3.79. The molecule has 0 radical (unpaired) electrons. The first-order valence-electron chi connectivity index (χ1n) is 6.52. The number of carbonyl (C=O) groups is 1. The van der Waals surface area contributed by atoms with Gasteiger partial charge in [0.15, 0.2) is 0 Å². The molecule has 0 saturated heterocycles. The van der Waals surface area contributed by atoms with E-state index in [0.29, 0.717) is 17.0 Å². The van der Waals surface area contributed by atoms with Crippen LogP contribution in [0.2, 0.25) is 0 Å². The van der Waals surface area contributed by atoms with Gasteiger partial charge in [-0.3, -0.25) is 5.32 Å². The molecule has 0 aliphatic heterocycles. The molecule has 0 fully saturated rings. The molecule has 0 saturated carbocycles. The minimum atomic E-state index is -3.79. The van der Waals surface area contributed by atoms with E-state index in [4.69, 9.17) is 0 Å². The van der Waals surface area contributed by atoms with Crippen molar-refractivity contribution < 1.29 is 13.2 Å². The lowest BCUT2D eigenvalue weighted by Gasteiger charge is -2.08. The number of anilines is 1. The predicted octanol–water partition coefficient (Wildman–Crippen LogP) is 1.74. The lowest BCUT2D eigenvalue weighted by molar-refractivity contribution is 0.256. The molecular weight excluding hydrogens is 304 g/mol. The minimum absolute atomic E-state index is 0.0601. The van der Waals surface area contributed by atoms with E-state index in [1.54, 1.807) is 50.2 Å². The van der Waals surface area contributed by atoms with Gasteiger partial charge in [0.1, 0.15) is 0 Å². The highest BCUT2D eigenvalue weighted by Gasteiger charge is 2.16. The highest BCUT2D eigenvalue weighted by atomic mass is 32.2. The molecule has 7 nitrogen and oxygen atoms in total. The Morgan fingerprint density at radius 1 is 1.09 bits per heavy atom. The fourth-order valence-corrected chi connectivity index (χ4v) is 2.92. The summed E-state index contributed by atoms with van der Waals surface area (Å²) < 4.78 is 25.8. The van der Waals surface area contributed by atoms with Crippen molar-refractivity contribution in [2.24, 2.45) is 0 Å². The van der Waals surface area contributed by atoms with Crippen LogP contribution < -0.4 is 10.0 Å². The molecule has 0 atom stereocenters. The van der Waals surface area contributed by atoms with Gasteiger partial charge in [-0.15, -0.1) is 0 Å². The first-order valence-corrected chi connectivity index (χ1v) is 8.17. The first-order chi connectivity index (χ1) is 10.3. The quantitative estimate of drug-likeness (QED) is 0.893. The van der Waals surface area contributed by atoms with Crippen molar-refractivity contribution in [1.82, 2.24) is 14.7 Å². The second-order valence-corrected chi connectivity index (χ2v) is 6.50. The standard InChI is InChI=1S/C14H16N4O3S/c1-10-8-11(2)16-13(15-10)17-14(19)18-22(20,21)9-12-6-4-3-5-7-12/h3-8H,9H2,1-2H3,(H2,15,16,17,18,19). The average Bonchev–Trinajstić information content (AvgIpc) is 2.36. The molecule has 2 rings (SSSR count). The van der Waals surface area contributed by atoms with E-state index in [0.717, 1.165) is 0 Å². The number of carbonyl (C=O) groups excluding carboxylic acids is 1. The van der Waals surface area contributed by atoms with Crippen LogP contribution in [0, 0.1) is 13.8 Å². The number of rotatable bonds is 4. The van der Waals surface area contributed by atoms with Crippen molar-refractivity contribution >= 4 is 22.0 Å². The summed E-state index contributed by atoms with van der Waals surface area (Å²) in [6.07, 6.45) is 0. The Balaban J connectivity index is 2.01. The van der Waals surface area contributed by atoms with Gasteiger partial charge in [0.2, 0.25) is 16.0 Å². The van der Waals surface area contributed by atoms with Crippen LogP contribution in [-0.2, 0) is 15.8 Å². The van der Waals surface area contributed by atoms with E-state index < -0.39 is 16.1 Å². The van der Waals surface area contributed by atoms with E-state index in [1.807, 2.05) is 4.72 Å². The Hall–Kier alpha value is -2.48. The number of benzene rings is 1. The molecule has 2 N–H and O–H groups in total. The highest BCUT2D eigenvalue weighted by molar-refractivity contribution is 7.89. The lowest BCUT2D eigenvalue weighted by atomic mass is 10.2. The monoisotopic (exact) mass is 320 g/mol. The number of amides is 2. The SMILES string of the molecule is Cc1cc(C)nc(NC(=O)NS(=O)(=O)Cc2ccccc2)n1. The van der Waals surface area contributed by atoms with Crippen molar-refractivity contribution in [3.8, 4) is 0 Å². The van der Waals surface area contributed by atoms with Gasteiger partial charge in [-0.1, -0.05) is 30.3 Å². The summed E-state index contributed by atoms with van der Waals surface area (Å²) in [5, 5.41) is 2.31. The molecule has 0 aliphatic rings. The summed E-state index contributed by atoms with van der Waals surface area (Å²) in [6, 6.07) is 9.45. The van der Waals surface area contributed by atoms with Gasteiger partial charge in [0.25, 0.3) is 0 Å². The van der Waals surface area contributed by atoms with E-state index in [9.17, 15) is 13.2 Å². The molecule has 1 aromatic heterocycles. The molecule has 22 heavy (non-hydrogen) atoms. The van der Waals surface area contributed by atoms with Crippen molar-refractivity contribution in [3.05, 3.63) is 53.3 Å². The van der Waals surface area contributed by atoms with E-state index in [-0.39, 0.29) is 11.7 Å². The van der Waals surface area contributed by atoms with Crippen molar-refractivity contribution in [1.29, 1.82) is 0 Å². The van der Waals surface area contributed by atoms with Crippen LogP contribution in [0.25, 0.3) is 0 Å². The molecule has 0 spiro atoms. The number of hydrogen-bond donors (Lipinski definition) is 2. The molecule has 1 heterocycles. The molecule has 2 aromatic rings. The van der Waals surface area contributed by atoms with Gasteiger partial charge >= 0.3 is 6.03 Å². The fourth-order valence-electron chi connectivity index (χ4n) is 1.88. The minimum Gasteiger partial charge on any atom is -0.275 e. The van der Waals surface area contributed by atoms with Gasteiger partial charge in [-0.25, -0.2) is 27.9 Å². The van der Waals surface area contributed by atoms with Gasteiger partial charge in [0, 0.05) is 11.4 Å². The number of hydrogen-bond acceptors (Lipinski definition) is 5. The summed E-state index contributed by atoms with van der Waals surface area (Å²) in [5.41, 5.74) is 1.94. The summed E-state index contributed by atoms with van der Waals surface area (Å²) >= 11 is 0. The zero-order chi connectivity index (χ0) is 16.2. The maximum Gasteiger partial charge on any atom is 0.335 e. The molecule has 116 valence electrons. The van der Waals surface area contributed by atoms with Crippen LogP contribution in [-0.4, -0.2) is 24.4 Å². The number of nitrogens with zero attached hydrogens (tertiary/aromatic N) is 2. The second-order valence-electron chi connectivity index (χ2n) is 4.78. The molecule has 0 bridgehead atoms. The van der Waals surface area contributed by atoms with E-state index in [1.165, 1.54) is 0 Å².